The minimum Gasteiger partial charge on any atom is -0.313 e. The fourth-order valence-electron chi connectivity index (χ4n) is 4.39. The lowest BCUT2D eigenvalue weighted by molar-refractivity contribution is 0.278. The summed E-state index contributed by atoms with van der Waals surface area (Å²) in [4.78, 5) is 4.36. The van der Waals surface area contributed by atoms with Gasteiger partial charge in [-0.15, -0.1) is 10.2 Å². The van der Waals surface area contributed by atoms with E-state index in [0.717, 1.165) is 45.9 Å². The summed E-state index contributed by atoms with van der Waals surface area (Å²) in [5.74, 6) is 1.73. The third-order valence-electron chi connectivity index (χ3n) is 6.17. The Balaban J connectivity index is 1.54. The molecule has 0 atom stereocenters. The van der Waals surface area contributed by atoms with Gasteiger partial charge >= 0.3 is 0 Å². The Morgan fingerprint density at radius 2 is 1.81 bits per heavy atom. The number of benzene rings is 2. The number of aromatic nitrogens is 5. The lowest BCUT2D eigenvalue weighted by Crippen LogP contribution is -2.38. The predicted octanol–water partition coefficient (Wildman–Crippen LogP) is 6.17. The van der Waals surface area contributed by atoms with Gasteiger partial charge in [0.2, 0.25) is 0 Å². The molecule has 0 aliphatic heterocycles. The van der Waals surface area contributed by atoms with Crippen molar-refractivity contribution >= 4 is 35.0 Å². The summed E-state index contributed by atoms with van der Waals surface area (Å²) < 4.78 is 4.10. The predicted molar refractivity (Wildman–Crippen MR) is 126 cm³/mol. The van der Waals surface area contributed by atoms with E-state index < -0.39 is 0 Å². The van der Waals surface area contributed by atoms with Crippen LogP contribution in [-0.2, 0) is 12.5 Å². The highest BCUT2D eigenvalue weighted by atomic mass is 35.5. The quantitative estimate of drug-likeness (QED) is 0.328. The summed E-state index contributed by atoms with van der Waals surface area (Å²) in [6, 6.07) is 14.1. The molecule has 0 unspecified atom stereocenters. The maximum Gasteiger partial charge on any atom is 0.172 e. The number of nitrogens with zero attached hydrogens (tertiary/aromatic N) is 5. The van der Waals surface area contributed by atoms with Gasteiger partial charge in [0.15, 0.2) is 11.0 Å². The molecule has 31 heavy (non-hydrogen) atoms. The van der Waals surface area contributed by atoms with Crippen molar-refractivity contribution < 1.29 is 0 Å². The van der Waals surface area contributed by atoms with E-state index in [0.29, 0.717) is 5.02 Å². The molecule has 8 heteroatoms. The molecule has 4 aromatic rings. The fraction of sp³-hybridized carbons (Fsp3) is 0.261. The summed E-state index contributed by atoms with van der Waals surface area (Å²) in [6.07, 6.45) is 8.99. The summed E-state index contributed by atoms with van der Waals surface area (Å²) >= 11 is 14.4. The molecule has 1 saturated carbocycles. The van der Waals surface area contributed by atoms with Gasteiger partial charge in [-0.3, -0.25) is 4.57 Å². The van der Waals surface area contributed by atoms with Gasteiger partial charge in [-0.25, -0.2) is 4.98 Å². The number of rotatable bonds is 5. The SMILES string of the molecule is CSc1nccn1-c1ccc(-c2nnc(C3(c4ccc(Cl)cc4)CCC3)n2C)c(Cl)c1. The Kier molecular flexibility index (Phi) is 5.32. The Bertz CT molecular complexity index is 1240. The number of thioether (sulfide) groups is 1. The molecule has 2 heterocycles. The van der Waals surface area contributed by atoms with E-state index in [1.165, 1.54) is 12.0 Å². The maximum atomic E-state index is 6.72. The monoisotopic (exact) mass is 469 g/mol. The average Bonchev–Trinajstić information content (AvgIpc) is 3.36. The smallest absolute Gasteiger partial charge is 0.172 e. The van der Waals surface area contributed by atoms with Crippen molar-refractivity contribution in [1.82, 2.24) is 24.3 Å². The Morgan fingerprint density at radius 1 is 1.03 bits per heavy atom. The summed E-state index contributed by atoms with van der Waals surface area (Å²) in [5.41, 5.74) is 2.94. The average molecular weight is 470 g/mol. The van der Waals surface area contributed by atoms with Crippen LogP contribution in [0.25, 0.3) is 17.1 Å². The maximum absolute atomic E-state index is 6.72. The van der Waals surface area contributed by atoms with Crippen LogP contribution in [0.3, 0.4) is 0 Å². The summed E-state index contributed by atoms with van der Waals surface area (Å²) in [7, 11) is 2.02. The van der Waals surface area contributed by atoms with Crippen molar-refractivity contribution in [1.29, 1.82) is 0 Å². The Morgan fingerprint density at radius 3 is 2.45 bits per heavy atom. The third-order valence-corrected chi connectivity index (χ3v) is 7.40. The molecule has 1 aliphatic rings. The van der Waals surface area contributed by atoms with Crippen LogP contribution in [0.1, 0.15) is 30.7 Å². The van der Waals surface area contributed by atoms with E-state index in [-0.39, 0.29) is 5.41 Å². The molecule has 0 bridgehead atoms. The highest BCUT2D eigenvalue weighted by Crippen LogP contribution is 2.49. The molecular formula is C23H21Cl2N5S. The first kappa shape index (κ1) is 20.6. The van der Waals surface area contributed by atoms with Gasteiger partial charge in [0.1, 0.15) is 5.82 Å². The van der Waals surface area contributed by atoms with Gasteiger partial charge in [0, 0.05) is 35.7 Å². The molecule has 2 aromatic heterocycles. The Labute approximate surface area is 195 Å². The van der Waals surface area contributed by atoms with Gasteiger partial charge in [-0.05, 0) is 55.0 Å². The molecule has 0 radical (unpaired) electrons. The minimum atomic E-state index is -0.124. The minimum absolute atomic E-state index is 0.124. The van der Waals surface area contributed by atoms with E-state index in [9.17, 15) is 0 Å². The summed E-state index contributed by atoms with van der Waals surface area (Å²) in [5, 5.41) is 11.5. The second kappa shape index (κ2) is 8.01. The zero-order valence-electron chi connectivity index (χ0n) is 17.2. The second-order valence-corrected chi connectivity index (χ2v) is 9.41. The van der Waals surface area contributed by atoms with Gasteiger partial charge in [-0.2, -0.15) is 0 Å². The molecule has 0 spiro atoms. The zero-order valence-corrected chi connectivity index (χ0v) is 19.5. The number of halogens is 2. The third kappa shape index (κ3) is 3.37. The van der Waals surface area contributed by atoms with Gasteiger partial charge in [0.05, 0.1) is 10.4 Å². The first-order valence-electron chi connectivity index (χ1n) is 10.1. The van der Waals surface area contributed by atoms with E-state index in [1.54, 1.807) is 18.0 Å². The van der Waals surface area contributed by atoms with Crippen LogP contribution >= 0.6 is 35.0 Å². The second-order valence-electron chi connectivity index (χ2n) is 7.80. The molecule has 0 saturated heterocycles. The van der Waals surface area contributed by atoms with Crippen LogP contribution in [-0.4, -0.2) is 30.6 Å². The zero-order chi connectivity index (χ0) is 21.6. The van der Waals surface area contributed by atoms with E-state index >= 15 is 0 Å². The highest BCUT2D eigenvalue weighted by Gasteiger charge is 2.44. The van der Waals surface area contributed by atoms with E-state index in [1.807, 2.05) is 54.4 Å². The normalized spacial score (nSPS) is 15.1. The molecule has 1 fully saturated rings. The van der Waals surface area contributed by atoms with Crippen molar-refractivity contribution in [3.05, 3.63) is 76.3 Å². The largest absolute Gasteiger partial charge is 0.313 e. The molecule has 1 aliphatic carbocycles. The Hall–Kier alpha value is -2.28. The van der Waals surface area contributed by atoms with Crippen molar-refractivity contribution in [3.8, 4) is 17.1 Å². The van der Waals surface area contributed by atoms with Gasteiger partial charge in [-0.1, -0.05) is 53.5 Å². The van der Waals surface area contributed by atoms with E-state index in [4.69, 9.17) is 23.2 Å². The molecule has 5 rings (SSSR count). The molecule has 158 valence electrons. The van der Waals surface area contributed by atoms with Gasteiger partial charge in [0.25, 0.3) is 0 Å². The lowest BCUT2D eigenvalue weighted by Gasteiger charge is -2.41. The van der Waals surface area contributed by atoms with Crippen LogP contribution in [0, 0.1) is 0 Å². The fourth-order valence-corrected chi connectivity index (χ4v) is 5.31. The highest BCUT2D eigenvalue weighted by molar-refractivity contribution is 7.98. The number of hydrogen-bond donors (Lipinski definition) is 0. The van der Waals surface area contributed by atoms with Crippen LogP contribution in [0.15, 0.2) is 60.0 Å². The van der Waals surface area contributed by atoms with Crippen LogP contribution in [0.4, 0.5) is 0 Å². The topological polar surface area (TPSA) is 48.5 Å². The van der Waals surface area contributed by atoms with Crippen LogP contribution in [0.2, 0.25) is 10.0 Å². The first-order valence-corrected chi connectivity index (χ1v) is 12.0. The standard InChI is InChI=1S/C23H21Cl2N5S/c1-29-20(18-9-8-17(14-19(18)25)30-13-12-26-22(30)31-2)27-28-21(29)23(10-3-11-23)15-4-6-16(24)7-5-15/h4-9,12-14H,3,10-11H2,1-2H3. The van der Waals surface area contributed by atoms with Crippen LogP contribution < -0.4 is 0 Å². The summed E-state index contributed by atoms with van der Waals surface area (Å²) in [6.45, 7) is 0. The van der Waals surface area contributed by atoms with Crippen molar-refractivity contribution in [2.75, 3.05) is 6.26 Å². The molecule has 2 aromatic carbocycles. The molecule has 5 nitrogen and oxygen atoms in total. The van der Waals surface area contributed by atoms with Crippen molar-refractivity contribution in [2.45, 2.75) is 29.8 Å². The van der Waals surface area contributed by atoms with Gasteiger partial charge < -0.3 is 4.57 Å². The molecular weight excluding hydrogens is 449 g/mol. The molecule has 0 N–H and O–H groups in total. The first-order chi connectivity index (χ1) is 15.0. The van der Waals surface area contributed by atoms with E-state index in [2.05, 4.69) is 31.9 Å². The lowest BCUT2D eigenvalue weighted by atomic mass is 9.64. The number of hydrogen-bond acceptors (Lipinski definition) is 4. The molecule has 0 amide bonds. The number of imidazole rings is 1. The van der Waals surface area contributed by atoms with Crippen LogP contribution in [0.5, 0.6) is 0 Å². The van der Waals surface area contributed by atoms with Crippen molar-refractivity contribution in [3.63, 3.8) is 0 Å². The van der Waals surface area contributed by atoms with Crippen molar-refractivity contribution in [2.24, 2.45) is 7.05 Å².